The van der Waals surface area contributed by atoms with Gasteiger partial charge in [-0.3, -0.25) is 9.78 Å². The first-order valence-electron chi connectivity index (χ1n) is 7.76. The van der Waals surface area contributed by atoms with Gasteiger partial charge in [0.25, 0.3) is 0 Å². The number of halogens is 1. The summed E-state index contributed by atoms with van der Waals surface area (Å²) >= 11 is 5.83. The van der Waals surface area contributed by atoms with Crippen LogP contribution in [0.4, 0.5) is 0 Å². The monoisotopic (exact) mass is 336 g/mol. The minimum Gasteiger partial charge on any atom is -0.352 e. The summed E-state index contributed by atoms with van der Waals surface area (Å²) in [6.07, 6.45) is 5.84. The fourth-order valence-corrected chi connectivity index (χ4v) is 2.62. The van der Waals surface area contributed by atoms with Gasteiger partial charge < -0.3 is 5.32 Å². The average Bonchev–Trinajstić information content (AvgIpc) is 2.61. The van der Waals surface area contributed by atoms with Gasteiger partial charge in [0, 0.05) is 29.2 Å². The molecule has 2 aromatic carbocycles. The van der Waals surface area contributed by atoms with Gasteiger partial charge in [0.15, 0.2) is 0 Å². The maximum atomic E-state index is 11.9. The standard InChI is InChI=1S/C20H17ClN2O/c21-18-9-6-15(7-10-18)8-11-19(24)22-14-12-17-4-1-3-16-5-2-13-23-20(16)17/h1-11,13H,12,14H2,(H,22,24)/b11-8+. The molecule has 0 atom stereocenters. The molecule has 1 N–H and O–H groups in total. The topological polar surface area (TPSA) is 42.0 Å². The summed E-state index contributed by atoms with van der Waals surface area (Å²) in [5.74, 6) is -0.113. The van der Waals surface area contributed by atoms with E-state index in [0.29, 0.717) is 11.6 Å². The summed E-state index contributed by atoms with van der Waals surface area (Å²) in [6.45, 7) is 0.569. The minimum atomic E-state index is -0.113. The summed E-state index contributed by atoms with van der Waals surface area (Å²) in [6, 6.07) is 17.4. The molecule has 0 aliphatic rings. The fourth-order valence-electron chi connectivity index (χ4n) is 2.49. The number of aromatic nitrogens is 1. The zero-order valence-corrected chi connectivity index (χ0v) is 13.8. The van der Waals surface area contributed by atoms with Crippen LogP contribution >= 0.6 is 11.6 Å². The van der Waals surface area contributed by atoms with Crippen LogP contribution in [-0.4, -0.2) is 17.4 Å². The Kier molecular flexibility index (Phi) is 5.24. The van der Waals surface area contributed by atoms with Crippen molar-refractivity contribution in [1.82, 2.24) is 10.3 Å². The molecule has 120 valence electrons. The molecule has 3 aromatic rings. The number of rotatable bonds is 5. The number of benzene rings is 2. The quantitative estimate of drug-likeness (QED) is 0.707. The molecule has 0 radical (unpaired) electrons. The largest absolute Gasteiger partial charge is 0.352 e. The van der Waals surface area contributed by atoms with Crippen molar-refractivity contribution in [1.29, 1.82) is 0 Å². The Bertz CT molecular complexity index is 867. The summed E-state index contributed by atoms with van der Waals surface area (Å²) < 4.78 is 0. The molecule has 0 aliphatic heterocycles. The molecule has 1 heterocycles. The number of carbonyl (C=O) groups is 1. The van der Waals surface area contributed by atoms with Crippen molar-refractivity contribution in [3.8, 4) is 0 Å². The maximum Gasteiger partial charge on any atom is 0.244 e. The van der Waals surface area contributed by atoms with Crippen LogP contribution in [0.2, 0.25) is 5.02 Å². The van der Waals surface area contributed by atoms with Crippen LogP contribution in [0, 0.1) is 0 Å². The third-order valence-corrected chi connectivity index (χ3v) is 3.96. The average molecular weight is 337 g/mol. The number of fused-ring (bicyclic) bond motifs is 1. The number of carbonyl (C=O) groups excluding carboxylic acids is 1. The third kappa shape index (κ3) is 4.21. The van der Waals surface area contributed by atoms with E-state index in [1.165, 1.54) is 6.08 Å². The molecule has 0 spiro atoms. The van der Waals surface area contributed by atoms with E-state index in [-0.39, 0.29) is 5.91 Å². The molecule has 0 aliphatic carbocycles. The Morgan fingerprint density at radius 2 is 1.88 bits per heavy atom. The van der Waals surface area contributed by atoms with Crippen LogP contribution in [0.25, 0.3) is 17.0 Å². The van der Waals surface area contributed by atoms with Crippen molar-refractivity contribution in [2.45, 2.75) is 6.42 Å². The van der Waals surface area contributed by atoms with E-state index in [4.69, 9.17) is 11.6 Å². The highest BCUT2D eigenvalue weighted by molar-refractivity contribution is 6.30. The van der Waals surface area contributed by atoms with Gasteiger partial charge in [-0.05, 0) is 41.8 Å². The van der Waals surface area contributed by atoms with Crippen LogP contribution in [0.15, 0.2) is 66.9 Å². The molecule has 1 aromatic heterocycles. The molecule has 1 amide bonds. The SMILES string of the molecule is O=C(/C=C/c1ccc(Cl)cc1)NCCc1cccc2cccnc12. The lowest BCUT2D eigenvalue weighted by atomic mass is 10.1. The van der Waals surface area contributed by atoms with Gasteiger partial charge in [-0.1, -0.05) is 48.0 Å². The van der Waals surface area contributed by atoms with E-state index in [2.05, 4.69) is 10.3 Å². The van der Waals surface area contributed by atoms with Gasteiger partial charge in [-0.2, -0.15) is 0 Å². The van der Waals surface area contributed by atoms with Gasteiger partial charge in [-0.15, -0.1) is 0 Å². The van der Waals surface area contributed by atoms with E-state index < -0.39 is 0 Å². The second-order valence-electron chi connectivity index (χ2n) is 5.42. The molecule has 4 heteroatoms. The predicted octanol–water partition coefficient (Wildman–Crippen LogP) is 4.26. The molecule has 0 bridgehead atoms. The summed E-state index contributed by atoms with van der Waals surface area (Å²) in [4.78, 5) is 16.3. The Balaban J connectivity index is 1.55. The van der Waals surface area contributed by atoms with E-state index in [0.717, 1.165) is 28.5 Å². The van der Waals surface area contributed by atoms with Crippen LogP contribution in [0.1, 0.15) is 11.1 Å². The van der Waals surface area contributed by atoms with E-state index in [1.807, 2.05) is 42.5 Å². The van der Waals surface area contributed by atoms with Gasteiger partial charge in [0.05, 0.1) is 5.52 Å². The smallest absolute Gasteiger partial charge is 0.244 e. The van der Waals surface area contributed by atoms with Crippen LogP contribution in [0.5, 0.6) is 0 Å². The highest BCUT2D eigenvalue weighted by atomic mass is 35.5. The molecule has 0 unspecified atom stereocenters. The molecule has 0 fully saturated rings. The predicted molar refractivity (Wildman–Crippen MR) is 98.9 cm³/mol. The zero-order valence-electron chi connectivity index (χ0n) is 13.1. The third-order valence-electron chi connectivity index (χ3n) is 3.71. The number of hydrogen-bond donors (Lipinski definition) is 1. The molecule has 0 saturated carbocycles. The lowest BCUT2D eigenvalue weighted by Crippen LogP contribution is -2.23. The molecule has 0 saturated heterocycles. The number of nitrogens with one attached hydrogen (secondary N) is 1. The molecule has 24 heavy (non-hydrogen) atoms. The lowest BCUT2D eigenvalue weighted by molar-refractivity contribution is -0.116. The zero-order chi connectivity index (χ0) is 16.8. The highest BCUT2D eigenvalue weighted by Crippen LogP contribution is 2.16. The Morgan fingerprint density at radius 3 is 2.71 bits per heavy atom. The fraction of sp³-hybridized carbons (Fsp3) is 0.100. The summed E-state index contributed by atoms with van der Waals surface area (Å²) in [7, 11) is 0. The number of amides is 1. The van der Waals surface area contributed by atoms with Gasteiger partial charge in [0.1, 0.15) is 0 Å². The van der Waals surface area contributed by atoms with Crippen molar-refractivity contribution in [3.63, 3.8) is 0 Å². The van der Waals surface area contributed by atoms with Crippen molar-refractivity contribution in [2.75, 3.05) is 6.54 Å². The molecule has 3 nitrogen and oxygen atoms in total. The van der Waals surface area contributed by atoms with Crippen molar-refractivity contribution < 1.29 is 4.79 Å². The Morgan fingerprint density at radius 1 is 1.08 bits per heavy atom. The Hall–Kier alpha value is -2.65. The molecular weight excluding hydrogens is 320 g/mol. The minimum absolute atomic E-state index is 0.113. The first kappa shape index (κ1) is 16.2. The molecule has 3 rings (SSSR count). The number of nitrogens with zero attached hydrogens (tertiary/aromatic N) is 1. The van der Waals surface area contributed by atoms with Crippen molar-refractivity contribution >= 4 is 34.5 Å². The normalized spacial score (nSPS) is 11.0. The molecular formula is C20H17ClN2O. The van der Waals surface area contributed by atoms with Crippen molar-refractivity contribution in [2.24, 2.45) is 0 Å². The lowest BCUT2D eigenvalue weighted by Gasteiger charge is -2.06. The Labute approximate surface area is 146 Å². The van der Waals surface area contributed by atoms with Crippen LogP contribution < -0.4 is 5.32 Å². The van der Waals surface area contributed by atoms with Gasteiger partial charge in [-0.25, -0.2) is 0 Å². The first-order chi connectivity index (χ1) is 11.7. The second kappa shape index (κ2) is 7.75. The number of pyridine rings is 1. The van der Waals surface area contributed by atoms with Crippen molar-refractivity contribution in [3.05, 3.63) is 83.0 Å². The van der Waals surface area contributed by atoms with Gasteiger partial charge >= 0.3 is 0 Å². The second-order valence-corrected chi connectivity index (χ2v) is 5.85. The maximum absolute atomic E-state index is 11.9. The number of para-hydroxylation sites is 1. The van der Waals surface area contributed by atoms with Gasteiger partial charge in [0.2, 0.25) is 5.91 Å². The van der Waals surface area contributed by atoms with Crippen LogP contribution in [-0.2, 0) is 11.2 Å². The van der Waals surface area contributed by atoms with E-state index in [9.17, 15) is 4.79 Å². The van der Waals surface area contributed by atoms with E-state index in [1.54, 1.807) is 24.4 Å². The van der Waals surface area contributed by atoms with Crippen LogP contribution in [0.3, 0.4) is 0 Å². The first-order valence-corrected chi connectivity index (χ1v) is 8.14. The summed E-state index contributed by atoms with van der Waals surface area (Å²) in [5, 5.41) is 4.69. The van der Waals surface area contributed by atoms with E-state index >= 15 is 0 Å². The number of hydrogen-bond acceptors (Lipinski definition) is 2. The highest BCUT2D eigenvalue weighted by Gasteiger charge is 2.02. The summed E-state index contributed by atoms with van der Waals surface area (Å²) in [5.41, 5.74) is 3.06.